The highest BCUT2D eigenvalue weighted by Crippen LogP contribution is 2.33. The van der Waals surface area contributed by atoms with E-state index in [1.807, 2.05) is 17.9 Å². The molecule has 0 saturated carbocycles. The van der Waals surface area contributed by atoms with Gasteiger partial charge < -0.3 is 20.3 Å². The van der Waals surface area contributed by atoms with Gasteiger partial charge >= 0.3 is 0 Å². The van der Waals surface area contributed by atoms with Crippen LogP contribution in [-0.2, 0) is 0 Å². The van der Waals surface area contributed by atoms with E-state index >= 15 is 0 Å². The number of hydrogen-bond acceptors (Lipinski definition) is 4. The quantitative estimate of drug-likeness (QED) is 0.841. The van der Waals surface area contributed by atoms with Gasteiger partial charge in [-0.05, 0) is 26.0 Å². The van der Waals surface area contributed by atoms with Crippen molar-refractivity contribution < 1.29 is 9.53 Å². The molecule has 1 amide bonds. The minimum atomic E-state index is 0.0479. The van der Waals surface area contributed by atoms with E-state index in [0.717, 1.165) is 25.3 Å². The first kappa shape index (κ1) is 13.5. The Balaban J connectivity index is 2.56. The summed E-state index contributed by atoms with van der Waals surface area (Å²) in [6.45, 7) is 7.20. The Labute approximate surface area is 113 Å². The fourth-order valence-electron chi connectivity index (χ4n) is 2.46. The van der Waals surface area contributed by atoms with Gasteiger partial charge in [0.15, 0.2) is 0 Å². The zero-order chi connectivity index (χ0) is 14.0. The molecule has 1 heterocycles. The number of nitrogens with zero attached hydrogens (tertiary/aromatic N) is 2. The first-order valence-electron chi connectivity index (χ1n) is 6.64. The number of nitrogen functional groups attached to an aromatic ring is 1. The van der Waals surface area contributed by atoms with E-state index in [-0.39, 0.29) is 5.91 Å². The highest BCUT2D eigenvalue weighted by molar-refractivity contribution is 6.02. The van der Waals surface area contributed by atoms with E-state index in [9.17, 15) is 4.79 Å². The molecule has 0 saturated heterocycles. The Morgan fingerprint density at radius 3 is 2.42 bits per heavy atom. The predicted molar refractivity (Wildman–Crippen MR) is 76.9 cm³/mol. The number of rotatable bonds is 3. The molecule has 19 heavy (non-hydrogen) atoms. The lowest BCUT2D eigenvalue weighted by Crippen LogP contribution is -2.34. The van der Waals surface area contributed by atoms with Crippen molar-refractivity contribution in [3.8, 4) is 5.75 Å². The number of methoxy groups -OCH3 is 1. The molecule has 5 nitrogen and oxygen atoms in total. The van der Waals surface area contributed by atoms with Gasteiger partial charge in [0.2, 0.25) is 0 Å². The fourth-order valence-corrected chi connectivity index (χ4v) is 2.46. The molecule has 5 heteroatoms. The van der Waals surface area contributed by atoms with Crippen LogP contribution in [0.4, 0.5) is 11.4 Å². The highest BCUT2D eigenvalue weighted by Gasteiger charge is 2.26. The number of nitrogens with two attached hydrogens (primary N) is 1. The zero-order valence-corrected chi connectivity index (χ0v) is 11.8. The third-order valence-corrected chi connectivity index (χ3v) is 3.61. The molecule has 0 aromatic heterocycles. The Bertz CT molecular complexity index is 488. The Kier molecular flexibility index (Phi) is 3.83. The highest BCUT2D eigenvalue weighted by atomic mass is 16.5. The number of fused-ring (bicyclic) bond motifs is 1. The summed E-state index contributed by atoms with van der Waals surface area (Å²) in [7, 11) is 1.56. The third kappa shape index (κ3) is 2.32. The maximum Gasteiger partial charge on any atom is 0.256 e. The van der Waals surface area contributed by atoms with Crippen molar-refractivity contribution in [1.82, 2.24) is 4.90 Å². The molecule has 0 unspecified atom stereocenters. The minimum Gasteiger partial charge on any atom is -0.495 e. The molecule has 1 aliphatic heterocycles. The van der Waals surface area contributed by atoms with Crippen LogP contribution in [0.1, 0.15) is 24.2 Å². The van der Waals surface area contributed by atoms with Crippen molar-refractivity contribution in [1.29, 1.82) is 0 Å². The summed E-state index contributed by atoms with van der Waals surface area (Å²) in [5, 5.41) is 0. The molecular formula is C14H21N3O2. The predicted octanol–water partition coefficient (Wildman–Crippen LogP) is 1.58. The van der Waals surface area contributed by atoms with Crippen molar-refractivity contribution in [3.63, 3.8) is 0 Å². The maximum atomic E-state index is 12.5. The number of anilines is 2. The van der Waals surface area contributed by atoms with Gasteiger partial charge in [0, 0.05) is 26.2 Å². The van der Waals surface area contributed by atoms with Crippen LogP contribution in [0.5, 0.6) is 5.75 Å². The minimum absolute atomic E-state index is 0.0479. The van der Waals surface area contributed by atoms with Crippen LogP contribution in [0.15, 0.2) is 12.1 Å². The van der Waals surface area contributed by atoms with Gasteiger partial charge in [-0.25, -0.2) is 0 Å². The number of likely N-dealkylation sites (N-methyl/N-ethyl adjacent to an activating group) is 2. The normalized spacial score (nSPS) is 15.2. The number of hydrogen-bond donors (Lipinski definition) is 1. The van der Waals surface area contributed by atoms with Gasteiger partial charge in [-0.2, -0.15) is 0 Å². The zero-order valence-electron chi connectivity index (χ0n) is 11.8. The third-order valence-electron chi connectivity index (χ3n) is 3.61. The van der Waals surface area contributed by atoms with Gasteiger partial charge in [-0.15, -0.1) is 0 Å². The van der Waals surface area contributed by atoms with E-state index < -0.39 is 0 Å². The topological polar surface area (TPSA) is 58.8 Å². The number of benzene rings is 1. The molecule has 104 valence electrons. The molecule has 0 aliphatic carbocycles. The molecule has 1 aromatic carbocycles. The van der Waals surface area contributed by atoms with Crippen LogP contribution in [0.25, 0.3) is 0 Å². The van der Waals surface area contributed by atoms with Crippen molar-refractivity contribution >= 4 is 17.3 Å². The van der Waals surface area contributed by atoms with Crippen molar-refractivity contribution in [2.75, 3.05) is 43.9 Å². The first-order chi connectivity index (χ1) is 9.12. The average Bonchev–Trinajstić information content (AvgIpc) is 2.55. The number of ether oxygens (including phenoxy) is 1. The van der Waals surface area contributed by atoms with Gasteiger partial charge in [-0.1, -0.05) is 0 Å². The van der Waals surface area contributed by atoms with Crippen LogP contribution in [0, 0.1) is 0 Å². The van der Waals surface area contributed by atoms with Crippen LogP contribution >= 0.6 is 0 Å². The van der Waals surface area contributed by atoms with Gasteiger partial charge in [0.05, 0.1) is 24.0 Å². The van der Waals surface area contributed by atoms with Crippen LogP contribution in [0.2, 0.25) is 0 Å². The van der Waals surface area contributed by atoms with Crippen LogP contribution in [0.3, 0.4) is 0 Å². The molecule has 0 radical (unpaired) electrons. The molecule has 1 aliphatic rings. The molecule has 0 bridgehead atoms. The van der Waals surface area contributed by atoms with Gasteiger partial charge in [0.25, 0.3) is 5.91 Å². The summed E-state index contributed by atoms with van der Waals surface area (Å²) < 4.78 is 5.22. The molecule has 0 spiro atoms. The smallest absolute Gasteiger partial charge is 0.256 e. The summed E-state index contributed by atoms with van der Waals surface area (Å²) in [6.07, 6.45) is 0. The van der Waals surface area contributed by atoms with E-state index in [4.69, 9.17) is 10.5 Å². The van der Waals surface area contributed by atoms with Crippen LogP contribution in [-0.4, -0.2) is 44.1 Å². The lowest BCUT2D eigenvalue weighted by Gasteiger charge is -2.23. The molecular weight excluding hydrogens is 242 g/mol. The largest absolute Gasteiger partial charge is 0.495 e. The lowest BCUT2D eigenvalue weighted by atomic mass is 10.1. The molecule has 2 rings (SSSR count). The SMILES string of the molecule is CCN1CCN(CC)c2cc(N)c(OC)cc2C1=O. The second kappa shape index (κ2) is 5.38. The Morgan fingerprint density at radius 1 is 1.21 bits per heavy atom. The van der Waals surface area contributed by atoms with Crippen molar-refractivity contribution in [3.05, 3.63) is 17.7 Å². The number of amides is 1. The Morgan fingerprint density at radius 2 is 1.84 bits per heavy atom. The maximum absolute atomic E-state index is 12.5. The lowest BCUT2D eigenvalue weighted by molar-refractivity contribution is 0.0775. The summed E-state index contributed by atoms with van der Waals surface area (Å²) in [5.74, 6) is 0.604. The molecule has 0 fully saturated rings. The van der Waals surface area contributed by atoms with E-state index in [1.54, 1.807) is 13.2 Å². The van der Waals surface area contributed by atoms with Crippen molar-refractivity contribution in [2.45, 2.75) is 13.8 Å². The standard InChI is InChI=1S/C14H21N3O2/c1-4-16-6-7-17(5-2)14(18)10-8-13(19-3)11(15)9-12(10)16/h8-9H,4-7,15H2,1-3H3. The monoisotopic (exact) mass is 263 g/mol. The van der Waals surface area contributed by atoms with E-state index in [1.165, 1.54) is 0 Å². The molecule has 1 aromatic rings. The number of carbonyl (C=O) groups is 1. The first-order valence-corrected chi connectivity index (χ1v) is 6.64. The summed E-state index contributed by atoms with van der Waals surface area (Å²) in [4.78, 5) is 16.5. The van der Waals surface area contributed by atoms with E-state index in [2.05, 4.69) is 11.8 Å². The summed E-state index contributed by atoms with van der Waals surface area (Å²) in [6, 6.07) is 3.60. The fraction of sp³-hybridized carbons (Fsp3) is 0.500. The van der Waals surface area contributed by atoms with Gasteiger partial charge in [0.1, 0.15) is 5.75 Å². The molecule has 2 N–H and O–H groups in total. The van der Waals surface area contributed by atoms with Crippen LogP contribution < -0.4 is 15.4 Å². The second-order valence-corrected chi connectivity index (χ2v) is 4.58. The summed E-state index contributed by atoms with van der Waals surface area (Å²) in [5.41, 5.74) is 8.10. The van der Waals surface area contributed by atoms with Crippen molar-refractivity contribution in [2.24, 2.45) is 0 Å². The van der Waals surface area contributed by atoms with E-state index in [0.29, 0.717) is 23.5 Å². The average molecular weight is 263 g/mol. The molecule has 0 atom stereocenters. The Hall–Kier alpha value is -1.91. The van der Waals surface area contributed by atoms with Gasteiger partial charge in [-0.3, -0.25) is 4.79 Å². The summed E-state index contributed by atoms with van der Waals surface area (Å²) >= 11 is 0. The second-order valence-electron chi connectivity index (χ2n) is 4.58. The number of carbonyl (C=O) groups excluding carboxylic acids is 1.